The summed E-state index contributed by atoms with van der Waals surface area (Å²) in [6.07, 6.45) is 1.17. The molecule has 0 aromatic heterocycles. The van der Waals surface area contributed by atoms with E-state index in [2.05, 4.69) is 22.8 Å². The van der Waals surface area contributed by atoms with Gasteiger partial charge in [-0.15, -0.1) is 0 Å². The first-order valence-electron chi connectivity index (χ1n) is 13.5. The Morgan fingerprint density at radius 3 is 2.23 bits per heavy atom. The number of benzene rings is 4. The summed E-state index contributed by atoms with van der Waals surface area (Å²) in [6.45, 7) is 0.416. The summed E-state index contributed by atoms with van der Waals surface area (Å²) in [4.78, 5) is 13.9. The number of carbonyl (C=O) groups excluding carboxylic acids is 1. The van der Waals surface area contributed by atoms with Gasteiger partial charge in [0.25, 0.3) is 0 Å². The predicted molar refractivity (Wildman–Crippen MR) is 157 cm³/mol. The SMILES string of the molecule is COc1ccc([C@H]2CC(=O)C3=C(C2)Nc2ccccc2N[C@@H]3c2ccc(OC)c(OCc3ccccc3)c2)cc1. The Kier molecular flexibility index (Phi) is 7.15. The molecule has 0 fully saturated rings. The van der Waals surface area contributed by atoms with Crippen molar-refractivity contribution in [3.05, 3.63) is 125 Å². The van der Waals surface area contributed by atoms with Crippen LogP contribution >= 0.6 is 0 Å². The summed E-state index contributed by atoms with van der Waals surface area (Å²) < 4.78 is 17.2. The molecular formula is C34H32N2O4. The molecule has 4 aromatic carbocycles. The third-order valence-electron chi connectivity index (χ3n) is 7.65. The lowest BCUT2D eigenvalue weighted by Crippen LogP contribution is -2.26. The Balaban J connectivity index is 1.38. The summed E-state index contributed by atoms with van der Waals surface area (Å²) in [7, 11) is 3.30. The van der Waals surface area contributed by atoms with Gasteiger partial charge in [0, 0.05) is 17.7 Å². The van der Waals surface area contributed by atoms with E-state index in [4.69, 9.17) is 14.2 Å². The highest BCUT2D eigenvalue weighted by Crippen LogP contribution is 2.45. The maximum absolute atomic E-state index is 13.9. The summed E-state index contributed by atoms with van der Waals surface area (Å²) >= 11 is 0. The van der Waals surface area contributed by atoms with E-state index in [1.54, 1.807) is 14.2 Å². The zero-order valence-corrected chi connectivity index (χ0v) is 22.6. The lowest BCUT2D eigenvalue weighted by atomic mass is 9.78. The largest absolute Gasteiger partial charge is 0.497 e. The highest BCUT2D eigenvalue weighted by Gasteiger charge is 2.36. The van der Waals surface area contributed by atoms with Crippen molar-refractivity contribution in [1.82, 2.24) is 0 Å². The fraction of sp³-hybridized carbons (Fsp3) is 0.206. The van der Waals surface area contributed by atoms with Crippen molar-refractivity contribution >= 4 is 17.2 Å². The molecule has 6 rings (SSSR count). The second kappa shape index (κ2) is 11.2. The number of rotatable bonds is 7. The molecule has 0 saturated heterocycles. The maximum atomic E-state index is 13.9. The first-order chi connectivity index (χ1) is 19.6. The smallest absolute Gasteiger partial charge is 0.163 e. The average Bonchev–Trinajstić information content (AvgIpc) is 3.17. The standard InChI is InChI=1S/C34H32N2O4/c1-38-26-15-12-23(13-16-26)25-18-29-33(30(37)19-25)34(36-28-11-7-6-10-27(28)35-29)24-14-17-31(39-2)32(20-24)40-21-22-8-4-3-5-9-22/h3-17,20,25,34-36H,18-19,21H2,1-2H3/t25-,34-/m1/s1. The van der Waals surface area contributed by atoms with E-state index >= 15 is 0 Å². The molecule has 2 atom stereocenters. The topological polar surface area (TPSA) is 68.8 Å². The second-order valence-corrected chi connectivity index (χ2v) is 10.1. The molecule has 4 aromatic rings. The van der Waals surface area contributed by atoms with Crippen LogP contribution in [0.2, 0.25) is 0 Å². The van der Waals surface area contributed by atoms with E-state index < -0.39 is 0 Å². The summed E-state index contributed by atoms with van der Waals surface area (Å²) in [5, 5.41) is 7.27. The van der Waals surface area contributed by atoms with E-state index in [0.29, 0.717) is 24.5 Å². The maximum Gasteiger partial charge on any atom is 0.163 e. The molecule has 0 amide bonds. The highest BCUT2D eigenvalue weighted by atomic mass is 16.5. The third kappa shape index (κ3) is 5.13. The number of Topliss-reactive ketones (excluding diaryl/α,β-unsaturated/α-hetero) is 1. The summed E-state index contributed by atoms with van der Waals surface area (Å²) in [5.41, 5.74) is 6.74. The highest BCUT2D eigenvalue weighted by molar-refractivity contribution is 6.01. The molecule has 40 heavy (non-hydrogen) atoms. The van der Waals surface area contributed by atoms with Crippen molar-refractivity contribution in [1.29, 1.82) is 0 Å². The predicted octanol–water partition coefficient (Wildman–Crippen LogP) is 7.26. The minimum absolute atomic E-state index is 0.0798. The minimum atomic E-state index is -0.347. The molecule has 1 heterocycles. The van der Waals surface area contributed by atoms with Crippen LogP contribution in [0.1, 0.15) is 41.5 Å². The van der Waals surface area contributed by atoms with Gasteiger partial charge in [0.15, 0.2) is 17.3 Å². The van der Waals surface area contributed by atoms with Gasteiger partial charge in [-0.25, -0.2) is 0 Å². The molecule has 1 aliphatic carbocycles. The first-order valence-corrected chi connectivity index (χ1v) is 13.5. The lowest BCUT2D eigenvalue weighted by molar-refractivity contribution is -0.116. The molecule has 202 valence electrons. The number of fused-ring (bicyclic) bond motifs is 1. The molecule has 6 heteroatoms. The fourth-order valence-electron chi connectivity index (χ4n) is 5.58. The number of anilines is 2. The molecule has 0 saturated carbocycles. The summed E-state index contributed by atoms with van der Waals surface area (Å²) in [6, 6.07) is 31.7. The second-order valence-electron chi connectivity index (χ2n) is 10.1. The molecule has 0 unspecified atom stereocenters. The van der Waals surface area contributed by atoms with Gasteiger partial charge in [-0.2, -0.15) is 0 Å². The lowest BCUT2D eigenvalue weighted by Gasteiger charge is -2.30. The van der Waals surface area contributed by atoms with Gasteiger partial charge in [0.2, 0.25) is 0 Å². The molecule has 2 N–H and O–H groups in total. The Labute approximate surface area is 234 Å². The third-order valence-corrected chi connectivity index (χ3v) is 7.65. The summed E-state index contributed by atoms with van der Waals surface area (Å²) in [5.74, 6) is 2.30. The number of carbonyl (C=O) groups is 1. The molecule has 6 nitrogen and oxygen atoms in total. The van der Waals surface area contributed by atoms with Crippen LogP contribution in [0.3, 0.4) is 0 Å². The molecular weight excluding hydrogens is 500 g/mol. The number of nitrogens with one attached hydrogen (secondary N) is 2. The van der Waals surface area contributed by atoms with Crippen LogP contribution in [-0.2, 0) is 11.4 Å². The van der Waals surface area contributed by atoms with Crippen LogP contribution in [0.15, 0.2) is 108 Å². The number of ketones is 1. The fourth-order valence-corrected chi connectivity index (χ4v) is 5.58. The van der Waals surface area contributed by atoms with Crippen molar-refractivity contribution in [2.75, 3.05) is 24.9 Å². The van der Waals surface area contributed by atoms with Crippen molar-refractivity contribution < 1.29 is 19.0 Å². The number of para-hydroxylation sites is 2. The zero-order chi connectivity index (χ0) is 27.5. The van der Waals surface area contributed by atoms with E-state index in [-0.39, 0.29) is 17.7 Å². The van der Waals surface area contributed by atoms with Crippen LogP contribution in [0.25, 0.3) is 0 Å². The van der Waals surface area contributed by atoms with Crippen LogP contribution in [0.4, 0.5) is 11.4 Å². The van der Waals surface area contributed by atoms with E-state index in [9.17, 15) is 4.79 Å². The van der Waals surface area contributed by atoms with Crippen LogP contribution in [-0.4, -0.2) is 20.0 Å². The normalized spacial score (nSPS) is 18.0. The monoisotopic (exact) mass is 532 g/mol. The number of hydrogen-bond acceptors (Lipinski definition) is 6. The van der Waals surface area contributed by atoms with Crippen molar-refractivity contribution in [2.45, 2.75) is 31.4 Å². The minimum Gasteiger partial charge on any atom is -0.497 e. The van der Waals surface area contributed by atoms with Crippen LogP contribution in [0.5, 0.6) is 17.2 Å². The van der Waals surface area contributed by atoms with Gasteiger partial charge in [0.05, 0.1) is 31.6 Å². The molecule has 2 aliphatic rings. The van der Waals surface area contributed by atoms with Gasteiger partial charge in [-0.1, -0.05) is 60.7 Å². The number of methoxy groups -OCH3 is 2. The quantitative estimate of drug-likeness (QED) is 0.261. The van der Waals surface area contributed by atoms with Crippen LogP contribution in [0, 0.1) is 0 Å². The van der Waals surface area contributed by atoms with E-state index in [1.807, 2.05) is 84.9 Å². The zero-order valence-electron chi connectivity index (χ0n) is 22.6. The van der Waals surface area contributed by atoms with Gasteiger partial charge in [-0.3, -0.25) is 4.79 Å². The molecule has 0 spiro atoms. The Morgan fingerprint density at radius 2 is 1.48 bits per heavy atom. The first kappa shape index (κ1) is 25.6. The van der Waals surface area contributed by atoms with Gasteiger partial charge < -0.3 is 24.8 Å². The van der Waals surface area contributed by atoms with Gasteiger partial charge in [-0.05, 0) is 65.4 Å². The van der Waals surface area contributed by atoms with Crippen molar-refractivity contribution in [3.63, 3.8) is 0 Å². The molecule has 0 bridgehead atoms. The van der Waals surface area contributed by atoms with Gasteiger partial charge >= 0.3 is 0 Å². The van der Waals surface area contributed by atoms with Crippen LogP contribution < -0.4 is 24.8 Å². The van der Waals surface area contributed by atoms with E-state index in [0.717, 1.165) is 51.5 Å². The number of hydrogen-bond donors (Lipinski definition) is 2. The Morgan fingerprint density at radius 1 is 0.750 bits per heavy atom. The Bertz CT molecular complexity index is 1550. The van der Waals surface area contributed by atoms with E-state index in [1.165, 1.54) is 0 Å². The van der Waals surface area contributed by atoms with Gasteiger partial charge in [0.1, 0.15) is 12.4 Å². The number of allylic oxidation sites excluding steroid dienone is 1. The molecule has 1 aliphatic heterocycles. The van der Waals surface area contributed by atoms with Crippen molar-refractivity contribution in [2.24, 2.45) is 0 Å². The van der Waals surface area contributed by atoms with Crippen molar-refractivity contribution in [3.8, 4) is 17.2 Å². The molecule has 0 radical (unpaired) electrons. The Hall–Kier alpha value is -4.71. The average molecular weight is 533 g/mol. The number of ether oxygens (including phenoxy) is 3.